The molecular weight excluding hydrogens is 250 g/mol. The Kier molecular flexibility index (Phi) is 5.41. The lowest BCUT2D eigenvalue weighted by atomic mass is 10.1. The first-order valence-corrected chi connectivity index (χ1v) is 7.48. The summed E-state index contributed by atoms with van der Waals surface area (Å²) < 4.78 is 0. The summed E-state index contributed by atoms with van der Waals surface area (Å²) >= 11 is 0. The molecule has 0 aliphatic heterocycles. The maximum Gasteiger partial charge on any atom is 0.170 e. The second-order valence-corrected chi connectivity index (χ2v) is 5.75. The zero-order chi connectivity index (χ0) is 14.4. The Morgan fingerprint density at radius 3 is 2.65 bits per heavy atom. The van der Waals surface area contributed by atoms with E-state index in [4.69, 9.17) is 10.9 Å². The fourth-order valence-corrected chi connectivity index (χ4v) is 3.00. The zero-order valence-electron chi connectivity index (χ0n) is 12.3. The van der Waals surface area contributed by atoms with Crippen molar-refractivity contribution >= 4 is 5.84 Å². The first-order chi connectivity index (χ1) is 9.70. The quantitative estimate of drug-likeness (QED) is 0.292. The van der Waals surface area contributed by atoms with E-state index in [0.717, 1.165) is 12.1 Å². The van der Waals surface area contributed by atoms with E-state index in [1.54, 1.807) is 0 Å². The van der Waals surface area contributed by atoms with Crippen molar-refractivity contribution in [2.75, 3.05) is 7.05 Å². The molecule has 0 bridgehead atoms. The summed E-state index contributed by atoms with van der Waals surface area (Å²) in [6.45, 7) is 0.914. The van der Waals surface area contributed by atoms with Crippen LogP contribution in [0.25, 0.3) is 0 Å². The average molecular weight is 275 g/mol. The van der Waals surface area contributed by atoms with Crippen molar-refractivity contribution in [2.45, 2.75) is 51.1 Å². The number of amidine groups is 1. The van der Waals surface area contributed by atoms with Crippen LogP contribution in [0.1, 0.15) is 49.7 Å². The Morgan fingerprint density at radius 1 is 1.30 bits per heavy atom. The normalized spacial score (nSPS) is 18.2. The minimum Gasteiger partial charge on any atom is -0.409 e. The van der Waals surface area contributed by atoms with Crippen LogP contribution in [0.4, 0.5) is 0 Å². The van der Waals surface area contributed by atoms with Gasteiger partial charge in [0, 0.05) is 18.2 Å². The second kappa shape index (κ2) is 7.29. The third kappa shape index (κ3) is 3.97. The predicted octanol–water partition coefficient (Wildman–Crippen LogP) is 2.94. The summed E-state index contributed by atoms with van der Waals surface area (Å²) in [7, 11) is 2.20. The maximum atomic E-state index is 8.75. The van der Waals surface area contributed by atoms with E-state index < -0.39 is 0 Å². The van der Waals surface area contributed by atoms with Crippen molar-refractivity contribution in [3.63, 3.8) is 0 Å². The van der Waals surface area contributed by atoms with Crippen LogP contribution in [0.3, 0.4) is 0 Å². The third-order valence-electron chi connectivity index (χ3n) is 4.21. The van der Waals surface area contributed by atoms with Gasteiger partial charge in [-0.1, -0.05) is 49.0 Å². The van der Waals surface area contributed by atoms with Gasteiger partial charge < -0.3 is 10.9 Å². The fourth-order valence-electron chi connectivity index (χ4n) is 3.00. The molecule has 1 fully saturated rings. The van der Waals surface area contributed by atoms with E-state index in [-0.39, 0.29) is 5.84 Å². The molecule has 4 heteroatoms. The summed E-state index contributed by atoms with van der Waals surface area (Å²) in [5.74, 6) is 0.170. The SMILES string of the molecule is CN(Cc1cccc(/C(N)=N/O)c1)C1CCCCCC1. The summed E-state index contributed by atoms with van der Waals surface area (Å²) in [6.07, 6.45) is 8.05. The van der Waals surface area contributed by atoms with Gasteiger partial charge in [-0.3, -0.25) is 4.90 Å². The number of nitrogens with two attached hydrogens (primary N) is 1. The van der Waals surface area contributed by atoms with Crippen molar-refractivity contribution in [1.82, 2.24) is 4.90 Å². The van der Waals surface area contributed by atoms with Gasteiger partial charge in [0.2, 0.25) is 0 Å². The molecule has 0 heterocycles. The van der Waals surface area contributed by atoms with Crippen LogP contribution in [0, 0.1) is 0 Å². The maximum absolute atomic E-state index is 8.75. The van der Waals surface area contributed by atoms with E-state index in [1.165, 1.54) is 44.1 Å². The monoisotopic (exact) mass is 275 g/mol. The molecule has 2 rings (SSSR count). The largest absolute Gasteiger partial charge is 0.409 e. The number of hydrogen-bond donors (Lipinski definition) is 2. The molecule has 0 amide bonds. The molecule has 1 aromatic carbocycles. The smallest absolute Gasteiger partial charge is 0.170 e. The van der Waals surface area contributed by atoms with Crippen LogP contribution < -0.4 is 5.73 Å². The van der Waals surface area contributed by atoms with Gasteiger partial charge in [0.25, 0.3) is 0 Å². The highest BCUT2D eigenvalue weighted by Crippen LogP contribution is 2.22. The lowest BCUT2D eigenvalue weighted by Gasteiger charge is -2.27. The summed E-state index contributed by atoms with van der Waals surface area (Å²) in [4.78, 5) is 2.44. The molecule has 1 aliphatic rings. The highest BCUT2D eigenvalue weighted by molar-refractivity contribution is 5.97. The highest BCUT2D eigenvalue weighted by Gasteiger charge is 2.17. The number of benzene rings is 1. The first-order valence-electron chi connectivity index (χ1n) is 7.48. The van der Waals surface area contributed by atoms with Gasteiger partial charge in [0.15, 0.2) is 5.84 Å². The van der Waals surface area contributed by atoms with E-state index in [9.17, 15) is 0 Å². The Hall–Kier alpha value is -1.55. The van der Waals surface area contributed by atoms with Crippen LogP contribution in [-0.4, -0.2) is 29.0 Å². The molecule has 0 saturated heterocycles. The second-order valence-electron chi connectivity index (χ2n) is 5.75. The van der Waals surface area contributed by atoms with Crippen molar-refractivity contribution < 1.29 is 5.21 Å². The molecule has 4 nitrogen and oxygen atoms in total. The Morgan fingerprint density at radius 2 is 2.00 bits per heavy atom. The number of nitrogens with zero attached hydrogens (tertiary/aromatic N) is 2. The first kappa shape index (κ1) is 14.9. The minimum absolute atomic E-state index is 0.170. The molecule has 0 aromatic heterocycles. The topological polar surface area (TPSA) is 61.8 Å². The van der Waals surface area contributed by atoms with Crippen LogP contribution in [0.15, 0.2) is 29.4 Å². The zero-order valence-corrected chi connectivity index (χ0v) is 12.3. The average Bonchev–Trinajstić information content (AvgIpc) is 2.76. The van der Waals surface area contributed by atoms with Gasteiger partial charge in [-0.15, -0.1) is 0 Å². The van der Waals surface area contributed by atoms with Crippen molar-refractivity contribution in [3.05, 3.63) is 35.4 Å². The molecule has 20 heavy (non-hydrogen) atoms. The van der Waals surface area contributed by atoms with Crippen molar-refractivity contribution in [2.24, 2.45) is 10.9 Å². The fraction of sp³-hybridized carbons (Fsp3) is 0.562. The Balaban J connectivity index is 2.01. The predicted molar refractivity (Wildman–Crippen MR) is 81.9 cm³/mol. The van der Waals surface area contributed by atoms with Crippen LogP contribution in [-0.2, 0) is 6.54 Å². The number of hydrogen-bond acceptors (Lipinski definition) is 3. The van der Waals surface area contributed by atoms with E-state index in [0.29, 0.717) is 6.04 Å². The van der Waals surface area contributed by atoms with E-state index >= 15 is 0 Å². The summed E-state index contributed by atoms with van der Waals surface area (Å²) in [5, 5.41) is 11.8. The summed E-state index contributed by atoms with van der Waals surface area (Å²) in [5.41, 5.74) is 7.63. The van der Waals surface area contributed by atoms with Crippen molar-refractivity contribution in [1.29, 1.82) is 0 Å². The molecule has 1 saturated carbocycles. The molecular formula is C16H25N3O. The Labute approximate surface area is 121 Å². The minimum atomic E-state index is 0.170. The molecule has 0 spiro atoms. The van der Waals surface area contributed by atoms with Gasteiger partial charge in [-0.05, 0) is 31.5 Å². The van der Waals surface area contributed by atoms with Gasteiger partial charge in [-0.25, -0.2) is 0 Å². The Bertz CT molecular complexity index is 451. The van der Waals surface area contributed by atoms with Gasteiger partial charge in [-0.2, -0.15) is 0 Å². The van der Waals surface area contributed by atoms with Crippen LogP contribution in [0.2, 0.25) is 0 Å². The highest BCUT2D eigenvalue weighted by atomic mass is 16.4. The molecule has 0 atom stereocenters. The number of oxime groups is 1. The summed E-state index contributed by atoms with van der Waals surface area (Å²) in [6, 6.07) is 8.61. The molecule has 110 valence electrons. The lowest BCUT2D eigenvalue weighted by Crippen LogP contribution is -2.30. The van der Waals surface area contributed by atoms with E-state index in [1.807, 2.05) is 18.2 Å². The standard InChI is InChI=1S/C16H25N3O/c1-19(15-9-4-2-3-5-10-15)12-13-7-6-8-14(11-13)16(17)18-20/h6-8,11,15,20H,2-5,9-10,12H2,1H3,(H2,17,18). The molecule has 1 aromatic rings. The van der Waals surface area contributed by atoms with Gasteiger partial charge in [0.05, 0.1) is 0 Å². The molecule has 0 radical (unpaired) electrons. The molecule has 3 N–H and O–H groups in total. The number of rotatable bonds is 4. The van der Waals surface area contributed by atoms with Crippen LogP contribution >= 0.6 is 0 Å². The lowest BCUT2D eigenvalue weighted by molar-refractivity contribution is 0.213. The van der Waals surface area contributed by atoms with Gasteiger partial charge in [0.1, 0.15) is 0 Å². The molecule has 1 aliphatic carbocycles. The van der Waals surface area contributed by atoms with Gasteiger partial charge >= 0.3 is 0 Å². The van der Waals surface area contributed by atoms with Crippen LogP contribution in [0.5, 0.6) is 0 Å². The van der Waals surface area contributed by atoms with E-state index in [2.05, 4.69) is 23.2 Å². The molecule has 0 unspecified atom stereocenters. The third-order valence-corrected chi connectivity index (χ3v) is 4.21. The van der Waals surface area contributed by atoms with Crippen molar-refractivity contribution in [3.8, 4) is 0 Å².